The fourth-order valence-corrected chi connectivity index (χ4v) is 10.7. The Bertz CT molecular complexity index is 1410. The minimum Gasteiger partial charge on any atom is -0.485 e. The van der Waals surface area contributed by atoms with Crippen LogP contribution in [0.4, 0.5) is 0 Å². The molecule has 0 spiro atoms. The summed E-state index contributed by atoms with van der Waals surface area (Å²) in [5, 5.41) is 11.7. The molecule has 0 bridgehead atoms. The third-order valence-corrected chi connectivity index (χ3v) is 13.0. The zero-order valence-electron chi connectivity index (χ0n) is 23.6. The van der Waals surface area contributed by atoms with Crippen molar-refractivity contribution in [3.8, 4) is 17.1 Å². The van der Waals surface area contributed by atoms with E-state index in [0.717, 1.165) is 11.3 Å². The fourth-order valence-electron chi connectivity index (χ4n) is 6.03. The molecule has 1 N–H and O–H groups in total. The van der Waals surface area contributed by atoms with E-state index >= 15 is 0 Å². The molecule has 2 aliphatic rings. The Morgan fingerprint density at radius 2 is 1.39 bits per heavy atom. The van der Waals surface area contributed by atoms with E-state index in [1.807, 2.05) is 24.3 Å². The summed E-state index contributed by atoms with van der Waals surface area (Å²) in [6.45, 7) is 7.60. The number of benzene rings is 3. The number of fused-ring (bicyclic) bond motifs is 1. The van der Waals surface area contributed by atoms with Crippen LogP contribution < -0.4 is 15.1 Å². The van der Waals surface area contributed by atoms with E-state index < -0.39 is 8.32 Å². The molecule has 0 saturated carbocycles. The first-order valence-corrected chi connectivity index (χ1v) is 16.0. The quantitative estimate of drug-likeness (QED) is 0.320. The van der Waals surface area contributed by atoms with Gasteiger partial charge in [-0.1, -0.05) is 81.4 Å². The minimum absolute atomic E-state index is 0.123. The first-order valence-electron chi connectivity index (χ1n) is 14.1. The van der Waals surface area contributed by atoms with Crippen molar-refractivity contribution in [1.29, 1.82) is 0 Å². The normalized spacial score (nSPS) is 22.4. The Hall–Kier alpha value is -3.40. The molecule has 3 aromatic carbocycles. The molecule has 2 aliphatic heterocycles. The second kappa shape index (κ2) is 11.5. The predicted octanol–water partition coefficient (Wildman–Crippen LogP) is 4.13. The number of aromatic nitrogens is 2. The number of aliphatic hydroxyl groups excluding tert-OH is 1. The monoisotopic (exact) mass is 568 g/mol. The van der Waals surface area contributed by atoms with E-state index in [1.54, 1.807) is 12.3 Å². The first kappa shape index (κ1) is 27.8. The van der Waals surface area contributed by atoms with Crippen LogP contribution in [0.15, 0.2) is 97.2 Å². The van der Waals surface area contributed by atoms with Gasteiger partial charge >= 0.3 is 0 Å². The van der Waals surface area contributed by atoms with Gasteiger partial charge in [-0.25, -0.2) is 9.97 Å². The lowest BCUT2D eigenvalue weighted by molar-refractivity contribution is 0.0149. The van der Waals surface area contributed by atoms with Crippen LogP contribution in [0.3, 0.4) is 0 Å². The Morgan fingerprint density at radius 1 is 0.805 bits per heavy atom. The number of aliphatic hydroxyl groups is 1. The van der Waals surface area contributed by atoms with Gasteiger partial charge in [0.25, 0.3) is 8.32 Å². The van der Waals surface area contributed by atoms with Crippen molar-refractivity contribution in [2.45, 2.75) is 56.8 Å². The standard InChI is InChI=1S/C33H36N2O5Si/c1-33(2,3)41(26-10-6-4-7-11-26,27-12-8-5-9-13-27)40-29-22-38-30-28(21-37-31(29)30)39-25-16-14-23(15-17-25)32-34-19-18-24(20-36)35-32/h4-19,28-31,36H,20-22H2,1-3H3/t28-,29+,30+,31+/m0/s1. The highest BCUT2D eigenvalue weighted by molar-refractivity contribution is 6.99. The van der Waals surface area contributed by atoms with E-state index in [9.17, 15) is 5.11 Å². The Morgan fingerprint density at radius 3 is 1.98 bits per heavy atom. The molecular weight excluding hydrogens is 532 g/mol. The second-order valence-electron chi connectivity index (χ2n) is 11.6. The molecule has 3 heterocycles. The lowest BCUT2D eigenvalue weighted by atomic mass is 10.1. The van der Waals surface area contributed by atoms with Crippen molar-refractivity contribution in [3.05, 3.63) is 103 Å². The maximum Gasteiger partial charge on any atom is 0.261 e. The van der Waals surface area contributed by atoms with Gasteiger partial charge in [0.2, 0.25) is 0 Å². The molecule has 4 atom stereocenters. The zero-order valence-corrected chi connectivity index (χ0v) is 24.6. The maximum atomic E-state index is 9.38. The maximum absolute atomic E-state index is 9.38. The van der Waals surface area contributed by atoms with Crippen LogP contribution in [-0.2, 0) is 20.5 Å². The summed E-state index contributed by atoms with van der Waals surface area (Å²) in [7, 11) is -2.74. The SMILES string of the molecule is CC(C)(C)[Si](O[C@@H]1CO[C@H]2[C@@H]1OC[C@@H]2Oc1ccc(-c2nccc(CO)n2)cc1)(c1ccccc1)c1ccccc1. The van der Waals surface area contributed by atoms with Gasteiger partial charge in [-0.2, -0.15) is 0 Å². The lowest BCUT2D eigenvalue weighted by Gasteiger charge is -2.45. The predicted molar refractivity (Wildman–Crippen MR) is 160 cm³/mol. The van der Waals surface area contributed by atoms with E-state index in [1.165, 1.54) is 10.4 Å². The van der Waals surface area contributed by atoms with Crippen LogP contribution in [-0.4, -0.2) is 61.0 Å². The molecule has 1 aromatic heterocycles. The Balaban J connectivity index is 1.21. The smallest absolute Gasteiger partial charge is 0.261 e. The van der Waals surface area contributed by atoms with Gasteiger partial charge in [0.15, 0.2) is 11.9 Å². The van der Waals surface area contributed by atoms with Gasteiger partial charge in [-0.05, 0) is 45.7 Å². The topological polar surface area (TPSA) is 82.9 Å². The van der Waals surface area contributed by atoms with Gasteiger partial charge in [0, 0.05) is 11.8 Å². The molecule has 8 heteroatoms. The zero-order chi connectivity index (χ0) is 28.5. The van der Waals surface area contributed by atoms with Gasteiger partial charge in [-0.15, -0.1) is 0 Å². The fraction of sp³-hybridized carbons (Fsp3) is 0.333. The van der Waals surface area contributed by atoms with Crippen molar-refractivity contribution in [1.82, 2.24) is 9.97 Å². The summed E-state index contributed by atoms with van der Waals surface area (Å²) in [5.41, 5.74) is 1.43. The van der Waals surface area contributed by atoms with Crippen LogP contribution >= 0.6 is 0 Å². The van der Waals surface area contributed by atoms with E-state index in [4.69, 9.17) is 18.6 Å². The number of hydrogen-bond acceptors (Lipinski definition) is 7. The average molecular weight is 569 g/mol. The van der Waals surface area contributed by atoms with Crippen molar-refractivity contribution >= 4 is 18.7 Å². The lowest BCUT2D eigenvalue weighted by Crippen LogP contribution is -2.68. The highest BCUT2D eigenvalue weighted by Gasteiger charge is 2.56. The third kappa shape index (κ3) is 5.34. The highest BCUT2D eigenvalue weighted by atomic mass is 28.4. The van der Waals surface area contributed by atoms with Crippen LogP contribution in [0, 0.1) is 0 Å². The van der Waals surface area contributed by atoms with Crippen molar-refractivity contribution < 1.29 is 23.7 Å². The molecule has 2 saturated heterocycles. The summed E-state index contributed by atoms with van der Waals surface area (Å²) in [4.78, 5) is 8.70. The van der Waals surface area contributed by atoms with Crippen molar-refractivity contribution in [3.63, 3.8) is 0 Å². The van der Waals surface area contributed by atoms with Crippen molar-refractivity contribution in [2.24, 2.45) is 0 Å². The van der Waals surface area contributed by atoms with E-state index in [0.29, 0.717) is 24.7 Å². The summed E-state index contributed by atoms with van der Waals surface area (Å²) >= 11 is 0. The molecule has 0 aliphatic carbocycles. The molecule has 4 aromatic rings. The van der Waals surface area contributed by atoms with Crippen LogP contribution in [0.5, 0.6) is 5.75 Å². The van der Waals surface area contributed by atoms with Gasteiger partial charge < -0.3 is 23.7 Å². The summed E-state index contributed by atoms with van der Waals surface area (Å²) in [6.07, 6.45) is 0.764. The Labute approximate surface area is 242 Å². The van der Waals surface area contributed by atoms with Gasteiger partial charge in [-0.3, -0.25) is 0 Å². The average Bonchev–Trinajstić information content (AvgIpc) is 3.59. The molecule has 212 valence electrons. The largest absolute Gasteiger partial charge is 0.485 e. The molecular formula is C33H36N2O5Si. The number of ether oxygens (including phenoxy) is 3. The van der Waals surface area contributed by atoms with Crippen LogP contribution in [0.25, 0.3) is 11.4 Å². The van der Waals surface area contributed by atoms with Gasteiger partial charge in [0.1, 0.15) is 18.0 Å². The third-order valence-electron chi connectivity index (χ3n) is 7.98. The van der Waals surface area contributed by atoms with E-state index in [-0.39, 0.29) is 36.1 Å². The minimum atomic E-state index is -2.74. The highest BCUT2D eigenvalue weighted by Crippen LogP contribution is 2.40. The van der Waals surface area contributed by atoms with Crippen LogP contribution in [0.2, 0.25) is 5.04 Å². The first-order chi connectivity index (χ1) is 19.9. The summed E-state index contributed by atoms with van der Waals surface area (Å²) in [6, 6.07) is 30.7. The van der Waals surface area contributed by atoms with Gasteiger partial charge in [0.05, 0.1) is 31.6 Å². The molecule has 6 rings (SSSR count). The number of hydrogen-bond donors (Lipinski definition) is 1. The molecule has 0 amide bonds. The number of rotatable bonds is 8. The number of nitrogens with zero attached hydrogens (tertiary/aromatic N) is 2. The summed E-state index contributed by atoms with van der Waals surface area (Å²) < 4.78 is 26.4. The summed E-state index contributed by atoms with van der Waals surface area (Å²) in [5.74, 6) is 1.29. The molecule has 2 fully saturated rings. The molecule has 7 nitrogen and oxygen atoms in total. The Kier molecular flexibility index (Phi) is 7.76. The molecule has 0 unspecified atom stereocenters. The molecule has 41 heavy (non-hydrogen) atoms. The molecule has 0 radical (unpaired) electrons. The van der Waals surface area contributed by atoms with Crippen molar-refractivity contribution in [2.75, 3.05) is 13.2 Å². The second-order valence-corrected chi connectivity index (χ2v) is 15.9. The van der Waals surface area contributed by atoms with Crippen LogP contribution in [0.1, 0.15) is 26.5 Å². The van der Waals surface area contributed by atoms with E-state index in [2.05, 4.69) is 91.4 Å².